The van der Waals surface area contributed by atoms with E-state index >= 15 is 0 Å². The minimum absolute atomic E-state index is 0.0676. The molecule has 1 aliphatic heterocycles. The highest BCUT2D eigenvalue weighted by Gasteiger charge is 2.43. The van der Waals surface area contributed by atoms with E-state index in [4.69, 9.17) is 14.2 Å². The molecule has 0 bridgehead atoms. The van der Waals surface area contributed by atoms with Crippen LogP contribution in [-0.4, -0.2) is 95.9 Å². The van der Waals surface area contributed by atoms with Crippen molar-refractivity contribution in [1.82, 2.24) is 4.90 Å². The minimum Gasteiger partial charge on any atom is -0.493 e. The molecule has 3 aromatic carbocycles. The van der Waals surface area contributed by atoms with Crippen LogP contribution in [0, 0.1) is 0 Å². The van der Waals surface area contributed by atoms with Gasteiger partial charge in [-0.25, -0.2) is 4.79 Å². The van der Waals surface area contributed by atoms with E-state index in [1.165, 1.54) is 11.1 Å². The van der Waals surface area contributed by atoms with E-state index in [-0.39, 0.29) is 10.8 Å². The molecular formula is C39H51NO8. The fourth-order valence-corrected chi connectivity index (χ4v) is 6.64. The summed E-state index contributed by atoms with van der Waals surface area (Å²) in [6.45, 7) is 10.6. The minimum atomic E-state index is -1.70. The highest BCUT2D eigenvalue weighted by molar-refractivity contribution is 5.90. The number of fused-ring (bicyclic) bond motifs is 1. The maximum Gasteiger partial charge on any atom is 0.338 e. The van der Waals surface area contributed by atoms with Gasteiger partial charge in [-0.15, -0.1) is 0 Å². The molecule has 9 nitrogen and oxygen atoms in total. The molecule has 9 heteroatoms. The zero-order valence-corrected chi connectivity index (χ0v) is 29.0. The number of ether oxygens (including phenoxy) is 3. The summed E-state index contributed by atoms with van der Waals surface area (Å²) in [5.74, 6) is 0.192. The van der Waals surface area contributed by atoms with Crippen LogP contribution in [0.2, 0.25) is 0 Å². The van der Waals surface area contributed by atoms with E-state index in [2.05, 4.69) is 71.0 Å². The van der Waals surface area contributed by atoms with Crippen molar-refractivity contribution < 1.29 is 39.4 Å². The second-order valence-electron chi connectivity index (χ2n) is 14.8. The lowest BCUT2D eigenvalue weighted by atomic mass is 9.63. The Balaban J connectivity index is 1.37. The number of aliphatic hydroxyl groups excluding tert-OH is 4. The first-order valence-corrected chi connectivity index (χ1v) is 16.9. The monoisotopic (exact) mass is 661 g/mol. The molecule has 0 saturated carbocycles. The maximum atomic E-state index is 12.8. The summed E-state index contributed by atoms with van der Waals surface area (Å²) in [6.07, 6.45) is -3.40. The van der Waals surface area contributed by atoms with Crippen LogP contribution in [0.1, 0.15) is 74.9 Å². The first kappa shape index (κ1) is 36.0. The second-order valence-corrected chi connectivity index (χ2v) is 14.8. The number of hydrogen-bond donors (Lipinski definition) is 4. The van der Waals surface area contributed by atoms with Crippen LogP contribution in [0.5, 0.6) is 5.75 Å². The Hall–Kier alpha value is -3.31. The van der Waals surface area contributed by atoms with Gasteiger partial charge in [-0.1, -0.05) is 64.1 Å². The summed E-state index contributed by atoms with van der Waals surface area (Å²) in [6, 6.07) is 20.1. The predicted octanol–water partition coefficient (Wildman–Crippen LogP) is 5.05. The Morgan fingerprint density at radius 2 is 1.44 bits per heavy atom. The van der Waals surface area contributed by atoms with E-state index in [0.29, 0.717) is 12.2 Å². The van der Waals surface area contributed by atoms with Crippen molar-refractivity contribution in [3.05, 3.63) is 77.4 Å². The van der Waals surface area contributed by atoms with Gasteiger partial charge in [0.1, 0.15) is 36.8 Å². The van der Waals surface area contributed by atoms with Crippen molar-refractivity contribution in [1.29, 1.82) is 0 Å². The van der Waals surface area contributed by atoms with Crippen molar-refractivity contribution in [2.45, 2.75) is 94.9 Å². The summed E-state index contributed by atoms with van der Waals surface area (Å²) in [4.78, 5) is 15.0. The molecule has 1 aliphatic carbocycles. The van der Waals surface area contributed by atoms with E-state index in [1.54, 1.807) is 12.1 Å². The number of unbranched alkanes of at least 4 members (excludes halogenated alkanes) is 1. The van der Waals surface area contributed by atoms with E-state index in [1.807, 2.05) is 24.3 Å². The Morgan fingerprint density at radius 3 is 2.12 bits per heavy atom. The van der Waals surface area contributed by atoms with E-state index in [9.17, 15) is 25.2 Å². The number of benzene rings is 3. The van der Waals surface area contributed by atoms with E-state index < -0.39 is 43.3 Å². The molecule has 5 rings (SSSR count). The highest BCUT2D eigenvalue weighted by atomic mass is 16.6. The van der Waals surface area contributed by atoms with Crippen molar-refractivity contribution in [3.8, 4) is 28.0 Å². The lowest BCUT2D eigenvalue weighted by Gasteiger charge is -2.42. The van der Waals surface area contributed by atoms with Gasteiger partial charge in [0.25, 0.3) is 0 Å². The average Bonchev–Trinajstić information content (AvgIpc) is 3.06. The highest BCUT2D eigenvalue weighted by Crippen LogP contribution is 2.47. The molecule has 4 N–H and O–H groups in total. The molecule has 5 atom stereocenters. The first-order chi connectivity index (χ1) is 22.7. The Labute approximate surface area is 284 Å². The Bertz CT molecular complexity index is 1570. The molecule has 0 aromatic heterocycles. The third kappa shape index (κ3) is 7.94. The summed E-state index contributed by atoms with van der Waals surface area (Å²) >= 11 is 0. The van der Waals surface area contributed by atoms with Gasteiger partial charge in [-0.3, -0.25) is 0 Å². The average molecular weight is 662 g/mol. The number of esters is 1. The fourth-order valence-electron chi connectivity index (χ4n) is 6.64. The molecule has 0 amide bonds. The molecule has 1 heterocycles. The van der Waals surface area contributed by atoms with Gasteiger partial charge < -0.3 is 39.5 Å². The normalized spacial score (nSPS) is 24.6. The number of carbonyl (C=O) groups is 1. The number of aliphatic hydroxyl groups is 4. The number of carbonyl (C=O) groups excluding carboxylic acids is 1. The second kappa shape index (κ2) is 14.7. The predicted molar refractivity (Wildman–Crippen MR) is 185 cm³/mol. The lowest BCUT2D eigenvalue weighted by molar-refractivity contribution is -0.286. The van der Waals surface area contributed by atoms with E-state index in [0.717, 1.165) is 60.2 Å². The Morgan fingerprint density at radius 1 is 0.792 bits per heavy atom. The summed E-state index contributed by atoms with van der Waals surface area (Å²) in [5.41, 5.74) is 7.29. The third-order valence-corrected chi connectivity index (χ3v) is 9.92. The summed E-state index contributed by atoms with van der Waals surface area (Å²) in [5, 5.41) is 39.5. The summed E-state index contributed by atoms with van der Waals surface area (Å²) < 4.78 is 16.8. The molecule has 2 aliphatic rings. The van der Waals surface area contributed by atoms with Crippen molar-refractivity contribution in [3.63, 3.8) is 0 Å². The van der Waals surface area contributed by atoms with Crippen LogP contribution in [0.15, 0.2) is 60.7 Å². The molecule has 0 spiro atoms. The van der Waals surface area contributed by atoms with Crippen LogP contribution >= 0.6 is 0 Å². The molecule has 260 valence electrons. The van der Waals surface area contributed by atoms with Crippen LogP contribution in [0.25, 0.3) is 22.3 Å². The van der Waals surface area contributed by atoms with Crippen molar-refractivity contribution in [2.24, 2.45) is 0 Å². The quantitative estimate of drug-likeness (QED) is 0.165. The molecule has 1 unspecified atom stereocenters. The largest absolute Gasteiger partial charge is 0.493 e. The molecular weight excluding hydrogens is 610 g/mol. The number of hydrogen-bond acceptors (Lipinski definition) is 9. The lowest BCUT2D eigenvalue weighted by Crippen LogP contribution is -2.58. The topological polar surface area (TPSA) is 129 Å². The van der Waals surface area contributed by atoms with Gasteiger partial charge in [0, 0.05) is 5.56 Å². The smallest absolute Gasteiger partial charge is 0.338 e. The van der Waals surface area contributed by atoms with Crippen LogP contribution in [0.4, 0.5) is 0 Å². The van der Waals surface area contributed by atoms with Gasteiger partial charge in [0.2, 0.25) is 0 Å². The third-order valence-electron chi connectivity index (χ3n) is 9.92. The van der Waals surface area contributed by atoms with Gasteiger partial charge in [0.05, 0.1) is 12.2 Å². The van der Waals surface area contributed by atoms with Crippen molar-refractivity contribution in [2.75, 3.05) is 33.9 Å². The van der Waals surface area contributed by atoms with Crippen molar-refractivity contribution >= 4 is 5.97 Å². The molecule has 0 radical (unpaired) electrons. The van der Waals surface area contributed by atoms with Gasteiger partial charge >= 0.3 is 5.97 Å². The molecule has 48 heavy (non-hydrogen) atoms. The van der Waals surface area contributed by atoms with Gasteiger partial charge in [-0.05, 0) is 109 Å². The molecule has 3 aromatic rings. The maximum absolute atomic E-state index is 12.8. The first-order valence-electron chi connectivity index (χ1n) is 16.9. The zero-order chi connectivity index (χ0) is 34.8. The molecule has 1 fully saturated rings. The van der Waals surface area contributed by atoms with Crippen LogP contribution in [0.3, 0.4) is 0 Å². The van der Waals surface area contributed by atoms with Crippen LogP contribution < -0.4 is 4.74 Å². The summed E-state index contributed by atoms with van der Waals surface area (Å²) in [7, 11) is 4.16. The standard InChI is InChI=1S/C39H51NO8/c1-38(2)17-18-39(3,4)30-22-27(13-15-29(30)38)28-21-26(14-16-31(28)46-20-8-7-19-40(5)6)24-9-11-25(12-10-24)36(44)47-23-32-33(41)34(42)35(43)37(45)48-32/h9-16,21-22,32-35,37,41-43,45H,7-8,17-20,23H2,1-6H3/t32-,33-,34+,35-,37?/m1/s1. The SMILES string of the molecule is CN(C)CCCCOc1ccc(-c2ccc(C(=O)OC[C@H]3OC(O)[C@H](O)[C@@H](O)[C@@H]3O)cc2)cc1-c1ccc2c(c1)C(C)(C)CCC2(C)C. The van der Waals surface area contributed by atoms with Crippen LogP contribution in [-0.2, 0) is 20.3 Å². The van der Waals surface area contributed by atoms with Gasteiger partial charge in [0.15, 0.2) is 6.29 Å². The zero-order valence-electron chi connectivity index (χ0n) is 29.0. The number of nitrogens with zero attached hydrogens (tertiary/aromatic N) is 1. The fraction of sp³-hybridized carbons (Fsp3) is 0.513. The number of rotatable bonds is 11. The van der Waals surface area contributed by atoms with Gasteiger partial charge in [-0.2, -0.15) is 0 Å². The Kier molecular flexibility index (Phi) is 11.0. The molecule has 1 saturated heterocycles.